The summed E-state index contributed by atoms with van der Waals surface area (Å²) < 4.78 is 74.7. The van der Waals surface area contributed by atoms with Crippen molar-refractivity contribution in [2.75, 3.05) is 0 Å². The number of halogens is 5. The van der Waals surface area contributed by atoms with Crippen LogP contribution in [-0.4, -0.2) is 25.4 Å². The van der Waals surface area contributed by atoms with Crippen LogP contribution in [-0.2, 0) is 0 Å². The summed E-state index contributed by atoms with van der Waals surface area (Å²) in [5.41, 5.74) is -6.13. The van der Waals surface area contributed by atoms with Gasteiger partial charge in [0.25, 0.3) is 0 Å². The van der Waals surface area contributed by atoms with Gasteiger partial charge in [-0.3, -0.25) is 0 Å². The van der Waals surface area contributed by atoms with Crippen LogP contribution in [0.15, 0.2) is 11.7 Å². The first kappa shape index (κ1) is 21.5. The molecule has 0 bridgehead atoms. The lowest BCUT2D eigenvalue weighted by molar-refractivity contribution is -0.133. The Hall–Kier alpha value is -0.545. The van der Waals surface area contributed by atoms with E-state index < -0.39 is 47.3 Å². The molecule has 4 atom stereocenters. The Labute approximate surface area is 143 Å². The number of hydrogen-bond acceptors (Lipinski definition) is 0. The molecular formula is C18H28BF5. The van der Waals surface area contributed by atoms with E-state index in [2.05, 4.69) is 0 Å². The van der Waals surface area contributed by atoms with E-state index >= 15 is 8.78 Å². The Bertz CT molecular complexity index is 455. The van der Waals surface area contributed by atoms with Crippen LogP contribution >= 0.6 is 0 Å². The molecular weight excluding hydrogens is 322 g/mol. The fourth-order valence-electron chi connectivity index (χ4n) is 3.64. The van der Waals surface area contributed by atoms with Crippen molar-refractivity contribution in [3.63, 3.8) is 0 Å². The van der Waals surface area contributed by atoms with Gasteiger partial charge in [0, 0.05) is 5.31 Å². The van der Waals surface area contributed by atoms with Crippen molar-refractivity contribution >= 4 is 7.85 Å². The minimum Gasteiger partial charge on any atom is -0.240 e. The van der Waals surface area contributed by atoms with Crippen LogP contribution < -0.4 is 0 Å². The fourth-order valence-corrected chi connectivity index (χ4v) is 3.64. The highest BCUT2D eigenvalue weighted by molar-refractivity contribution is 6.18. The van der Waals surface area contributed by atoms with Gasteiger partial charge in [-0.05, 0) is 19.3 Å². The van der Waals surface area contributed by atoms with E-state index in [1.165, 1.54) is 0 Å². The first-order valence-corrected chi connectivity index (χ1v) is 9.02. The second kappa shape index (κ2) is 8.22. The third kappa shape index (κ3) is 3.26. The van der Waals surface area contributed by atoms with Crippen molar-refractivity contribution < 1.29 is 22.0 Å². The molecule has 0 saturated carbocycles. The monoisotopic (exact) mass is 350 g/mol. The molecule has 0 amide bonds. The largest absolute Gasteiger partial charge is 0.240 e. The number of rotatable bonds is 9. The number of hydrogen-bond donors (Lipinski definition) is 0. The average molecular weight is 350 g/mol. The van der Waals surface area contributed by atoms with E-state index in [0.717, 1.165) is 0 Å². The molecule has 0 fully saturated rings. The minimum atomic E-state index is -3.15. The summed E-state index contributed by atoms with van der Waals surface area (Å²) in [5, 5.41) is -2.46. The summed E-state index contributed by atoms with van der Waals surface area (Å²) in [6.45, 7) is 5.29. The first-order valence-electron chi connectivity index (χ1n) is 9.02. The minimum absolute atomic E-state index is 0.174. The summed E-state index contributed by atoms with van der Waals surface area (Å²) in [4.78, 5) is 0. The standard InChI is InChI=1S/C18H28BF5/c1-4-7-10-16(19)14(21)13(20)15(22)17(23,11-8-5-2)18(16,24)12-9-6-3/h15H,4-12H2,1-3H3. The van der Waals surface area contributed by atoms with Crippen molar-refractivity contribution in [1.29, 1.82) is 0 Å². The molecule has 0 aromatic heterocycles. The van der Waals surface area contributed by atoms with Crippen LogP contribution in [0.3, 0.4) is 0 Å². The molecule has 0 heterocycles. The molecule has 1 aliphatic carbocycles. The predicted molar refractivity (Wildman–Crippen MR) is 88.8 cm³/mol. The lowest BCUT2D eigenvalue weighted by Crippen LogP contribution is -2.63. The van der Waals surface area contributed by atoms with Gasteiger partial charge in [0.2, 0.25) is 0 Å². The second-order valence-corrected chi connectivity index (χ2v) is 6.97. The van der Waals surface area contributed by atoms with E-state index in [-0.39, 0.29) is 19.3 Å². The SMILES string of the molecule is [B]C1(CCCC)C(F)=C(F)C(F)C(F)(CCCC)C1(F)CCCC. The highest BCUT2D eigenvalue weighted by Gasteiger charge is 2.71. The van der Waals surface area contributed by atoms with Crippen molar-refractivity contribution in [3.05, 3.63) is 11.7 Å². The third-order valence-electron chi connectivity index (χ3n) is 5.29. The molecule has 0 N–H and O–H groups in total. The molecule has 2 radical (unpaired) electrons. The molecule has 138 valence electrons. The highest BCUT2D eigenvalue weighted by atomic mass is 19.2. The topological polar surface area (TPSA) is 0 Å². The quantitative estimate of drug-likeness (QED) is 0.317. The maximum absolute atomic E-state index is 16.0. The fraction of sp³-hybridized carbons (Fsp3) is 0.889. The number of alkyl halides is 3. The maximum Gasteiger partial charge on any atom is 0.191 e. The van der Waals surface area contributed by atoms with Crippen molar-refractivity contribution in [2.45, 2.75) is 101 Å². The smallest absolute Gasteiger partial charge is 0.191 e. The van der Waals surface area contributed by atoms with Crippen LogP contribution in [0.2, 0.25) is 5.31 Å². The van der Waals surface area contributed by atoms with Gasteiger partial charge in [-0.1, -0.05) is 59.3 Å². The Morgan fingerprint density at radius 2 is 1.33 bits per heavy atom. The van der Waals surface area contributed by atoms with Gasteiger partial charge in [-0.2, -0.15) is 0 Å². The van der Waals surface area contributed by atoms with Gasteiger partial charge in [-0.25, -0.2) is 22.0 Å². The Morgan fingerprint density at radius 3 is 1.83 bits per heavy atom. The molecule has 0 saturated heterocycles. The lowest BCUT2D eigenvalue weighted by atomic mass is 9.47. The van der Waals surface area contributed by atoms with E-state index in [4.69, 9.17) is 7.85 Å². The van der Waals surface area contributed by atoms with E-state index in [0.29, 0.717) is 25.7 Å². The molecule has 0 aromatic carbocycles. The zero-order chi connectivity index (χ0) is 18.6. The normalized spacial score (nSPS) is 37.1. The van der Waals surface area contributed by atoms with Gasteiger partial charge in [0.1, 0.15) is 5.83 Å². The molecule has 4 unspecified atom stereocenters. The van der Waals surface area contributed by atoms with Gasteiger partial charge < -0.3 is 0 Å². The van der Waals surface area contributed by atoms with E-state index in [1.807, 2.05) is 0 Å². The van der Waals surface area contributed by atoms with E-state index in [9.17, 15) is 13.2 Å². The summed E-state index contributed by atoms with van der Waals surface area (Å²) in [6, 6.07) is 0. The zero-order valence-electron chi connectivity index (χ0n) is 14.9. The molecule has 0 aliphatic heterocycles. The van der Waals surface area contributed by atoms with Crippen LogP contribution in [0.1, 0.15) is 78.6 Å². The summed E-state index contributed by atoms with van der Waals surface area (Å²) in [6.07, 6.45) is -1.89. The third-order valence-corrected chi connectivity index (χ3v) is 5.29. The predicted octanol–water partition coefficient (Wildman–Crippen LogP) is 6.80. The van der Waals surface area contributed by atoms with Crippen molar-refractivity contribution in [3.8, 4) is 0 Å². The molecule has 0 aromatic rings. The summed E-state index contributed by atoms with van der Waals surface area (Å²) in [5.74, 6) is -3.54. The van der Waals surface area contributed by atoms with E-state index in [1.54, 1.807) is 20.8 Å². The van der Waals surface area contributed by atoms with Gasteiger partial charge in [0.05, 0.1) is 7.85 Å². The van der Waals surface area contributed by atoms with Crippen LogP contribution in [0.5, 0.6) is 0 Å². The zero-order valence-corrected chi connectivity index (χ0v) is 14.9. The summed E-state index contributed by atoms with van der Waals surface area (Å²) >= 11 is 0. The molecule has 6 heteroatoms. The molecule has 0 nitrogen and oxygen atoms in total. The van der Waals surface area contributed by atoms with Crippen molar-refractivity contribution in [1.82, 2.24) is 0 Å². The lowest BCUT2D eigenvalue weighted by Gasteiger charge is -2.54. The first-order chi connectivity index (χ1) is 11.2. The molecule has 0 spiro atoms. The molecule has 1 aliphatic rings. The summed E-state index contributed by atoms with van der Waals surface area (Å²) in [7, 11) is 5.95. The van der Waals surface area contributed by atoms with Gasteiger partial charge in [-0.15, -0.1) is 0 Å². The number of unbranched alkanes of at least 4 members (excludes halogenated alkanes) is 3. The Morgan fingerprint density at radius 1 is 0.875 bits per heavy atom. The van der Waals surface area contributed by atoms with Gasteiger partial charge >= 0.3 is 0 Å². The van der Waals surface area contributed by atoms with Crippen LogP contribution in [0.4, 0.5) is 22.0 Å². The average Bonchev–Trinajstić information content (AvgIpc) is 2.58. The molecule has 24 heavy (non-hydrogen) atoms. The number of allylic oxidation sites excluding steroid dienone is 2. The molecule has 1 rings (SSSR count). The van der Waals surface area contributed by atoms with Crippen molar-refractivity contribution in [2.24, 2.45) is 0 Å². The second-order valence-electron chi connectivity index (χ2n) is 6.97. The highest BCUT2D eigenvalue weighted by Crippen LogP contribution is 2.65. The Kier molecular flexibility index (Phi) is 7.37. The van der Waals surface area contributed by atoms with Crippen LogP contribution in [0.25, 0.3) is 0 Å². The Balaban J connectivity index is 3.51. The van der Waals surface area contributed by atoms with Crippen LogP contribution in [0, 0.1) is 0 Å². The maximum atomic E-state index is 16.0. The van der Waals surface area contributed by atoms with Gasteiger partial charge in [0.15, 0.2) is 23.3 Å².